The third kappa shape index (κ3) is 5.11. The zero-order chi connectivity index (χ0) is 14.3. The largest absolute Gasteiger partial charge is 0.508 e. The van der Waals surface area contributed by atoms with E-state index in [-0.39, 0.29) is 17.5 Å². The van der Waals surface area contributed by atoms with Crippen molar-refractivity contribution in [2.45, 2.75) is 65.0 Å². The lowest BCUT2D eigenvalue weighted by Crippen LogP contribution is -2.31. The molecule has 0 aromatic heterocycles. The number of phenols is 2. The highest BCUT2D eigenvalue weighted by Crippen LogP contribution is 2.28. The maximum absolute atomic E-state index is 9.88. The third-order valence-electron chi connectivity index (χ3n) is 3.51. The molecule has 0 radical (unpaired) electrons. The van der Waals surface area contributed by atoms with Crippen LogP contribution in [0.15, 0.2) is 18.2 Å². The van der Waals surface area contributed by atoms with Gasteiger partial charge in [-0.15, -0.1) is 0 Å². The summed E-state index contributed by atoms with van der Waals surface area (Å²) in [5, 5.41) is 22.8. The van der Waals surface area contributed by atoms with Crippen LogP contribution in [0.5, 0.6) is 11.5 Å². The molecule has 2 unspecified atom stereocenters. The minimum atomic E-state index is 0.0917. The number of benzene rings is 1. The van der Waals surface area contributed by atoms with E-state index in [1.165, 1.54) is 25.3 Å². The molecule has 0 saturated carbocycles. The average Bonchev–Trinajstić information content (AvgIpc) is 2.36. The minimum Gasteiger partial charge on any atom is -0.508 e. The SMILES string of the molecule is CCCCC(CCC)NC(C)c1ccc(O)cc1O. The second-order valence-electron chi connectivity index (χ2n) is 5.26. The maximum Gasteiger partial charge on any atom is 0.124 e. The second kappa shape index (κ2) is 8.05. The molecule has 0 spiro atoms. The van der Waals surface area contributed by atoms with Crippen LogP contribution in [-0.2, 0) is 0 Å². The zero-order valence-corrected chi connectivity index (χ0v) is 12.3. The topological polar surface area (TPSA) is 52.5 Å². The molecule has 1 aromatic carbocycles. The van der Waals surface area contributed by atoms with Crippen LogP contribution in [0.25, 0.3) is 0 Å². The van der Waals surface area contributed by atoms with Gasteiger partial charge in [-0.05, 0) is 25.8 Å². The van der Waals surface area contributed by atoms with Crippen LogP contribution < -0.4 is 5.32 Å². The van der Waals surface area contributed by atoms with E-state index in [0.717, 1.165) is 18.4 Å². The van der Waals surface area contributed by atoms with Crippen LogP contribution in [0.3, 0.4) is 0 Å². The lowest BCUT2D eigenvalue weighted by atomic mass is 10.0. The summed E-state index contributed by atoms with van der Waals surface area (Å²) in [6, 6.07) is 5.38. The van der Waals surface area contributed by atoms with Gasteiger partial charge in [0, 0.05) is 23.7 Å². The van der Waals surface area contributed by atoms with E-state index in [1.54, 1.807) is 12.1 Å². The fourth-order valence-electron chi connectivity index (χ4n) is 2.45. The van der Waals surface area contributed by atoms with Crippen molar-refractivity contribution in [3.05, 3.63) is 23.8 Å². The summed E-state index contributed by atoms with van der Waals surface area (Å²) >= 11 is 0. The summed E-state index contributed by atoms with van der Waals surface area (Å²) in [6.45, 7) is 6.46. The quantitative estimate of drug-likeness (QED) is 0.663. The van der Waals surface area contributed by atoms with Crippen LogP contribution in [0, 0.1) is 0 Å². The Kier molecular flexibility index (Phi) is 6.71. The van der Waals surface area contributed by atoms with Crippen molar-refractivity contribution in [2.24, 2.45) is 0 Å². The van der Waals surface area contributed by atoms with Gasteiger partial charge in [-0.1, -0.05) is 39.2 Å². The Morgan fingerprint density at radius 2 is 1.84 bits per heavy atom. The van der Waals surface area contributed by atoms with Crippen LogP contribution >= 0.6 is 0 Å². The minimum absolute atomic E-state index is 0.0917. The van der Waals surface area contributed by atoms with Gasteiger partial charge in [-0.25, -0.2) is 0 Å². The molecule has 0 saturated heterocycles. The molecular formula is C16H27NO2. The first kappa shape index (κ1) is 15.8. The highest BCUT2D eigenvalue weighted by molar-refractivity contribution is 5.40. The molecule has 1 rings (SSSR count). The maximum atomic E-state index is 9.88. The van der Waals surface area contributed by atoms with Gasteiger partial charge in [-0.2, -0.15) is 0 Å². The van der Waals surface area contributed by atoms with Gasteiger partial charge in [0.2, 0.25) is 0 Å². The summed E-state index contributed by atoms with van der Waals surface area (Å²) in [5.74, 6) is 0.260. The Bertz CT molecular complexity index is 379. The van der Waals surface area contributed by atoms with Gasteiger partial charge in [0.25, 0.3) is 0 Å². The number of hydrogen-bond acceptors (Lipinski definition) is 3. The molecule has 0 bridgehead atoms. The number of phenolic OH excluding ortho intramolecular Hbond substituents is 2. The molecule has 0 amide bonds. The smallest absolute Gasteiger partial charge is 0.124 e. The van der Waals surface area contributed by atoms with E-state index < -0.39 is 0 Å². The highest BCUT2D eigenvalue weighted by atomic mass is 16.3. The van der Waals surface area contributed by atoms with Crippen molar-refractivity contribution in [3.8, 4) is 11.5 Å². The monoisotopic (exact) mass is 265 g/mol. The standard InChI is InChI=1S/C16H27NO2/c1-4-6-8-13(7-5-2)17-12(3)15-10-9-14(18)11-16(15)19/h9-13,17-19H,4-8H2,1-3H3. The molecule has 1 aromatic rings. The van der Waals surface area contributed by atoms with Gasteiger partial charge < -0.3 is 15.5 Å². The number of nitrogens with one attached hydrogen (secondary N) is 1. The van der Waals surface area contributed by atoms with E-state index in [9.17, 15) is 10.2 Å². The summed E-state index contributed by atoms with van der Waals surface area (Å²) in [4.78, 5) is 0. The molecule has 3 heteroatoms. The first-order chi connectivity index (χ1) is 9.08. The Morgan fingerprint density at radius 3 is 2.42 bits per heavy atom. The molecule has 19 heavy (non-hydrogen) atoms. The molecular weight excluding hydrogens is 238 g/mol. The van der Waals surface area contributed by atoms with E-state index in [2.05, 4.69) is 26.1 Å². The molecule has 0 heterocycles. The van der Waals surface area contributed by atoms with Crippen molar-refractivity contribution in [2.75, 3.05) is 0 Å². The molecule has 0 aliphatic rings. The summed E-state index contributed by atoms with van der Waals surface area (Å²) in [7, 11) is 0. The van der Waals surface area contributed by atoms with Crippen molar-refractivity contribution >= 4 is 0 Å². The molecule has 2 atom stereocenters. The van der Waals surface area contributed by atoms with Gasteiger partial charge in [0.1, 0.15) is 11.5 Å². The van der Waals surface area contributed by atoms with Crippen molar-refractivity contribution in [1.29, 1.82) is 0 Å². The molecule has 0 fully saturated rings. The lowest BCUT2D eigenvalue weighted by molar-refractivity contribution is 0.383. The Labute approximate surface area is 116 Å². The Balaban J connectivity index is 2.66. The summed E-state index contributed by atoms with van der Waals surface area (Å²) < 4.78 is 0. The van der Waals surface area contributed by atoms with Crippen molar-refractivity contribution in [3.63, 3.8) is 0 Å². The molecule has 108 valence electrons. The Hall–Kier alpha value is -1.22. The van der Waals surface area contributed by atoms with Crippen molar-refractivity contribution < 1.29 is 10.2 Å². The number of rotatable bonds is 8. The van der Waals surface area contributed by atoms with Crippen LogP contribution in [0.1, 0.15) is 64.5 Å². The molecule has 0 aliphatic heterocycles. The van der Waals surface area contributed by atoms with Crippen LogP contribution in [-0.4, -0.2) is 16.3 Å². The molecule has 3 N–H and O–H groups in total. The summed E-state index contributed by atoms with van der Waals surface area (Å²) in [6.07, 6.45) is 5.93. The fraction of sp³-hybridized carbons (Fsp3) is 0.625. The molecule has 3 nitrogen and oxygen atoms in total. The first-order valence-corrected chi connectivity index (χ1v) is 7.36. The normalized spacial score (nSPS) is 14.3. The highest BCUT2D eigenvalue weighted by Gasteiger charge is 2.15. The van der Waals surface area contributed by atoms with Crippen LogP contribution in [0.2, 0.25) is 0 Å². The van der Waals surface area contributed by atoms with Gasteiger partial charge in [-0.3, -0.25) is 0 Å². The van der Waals surface area contributed by atoms with E-state index in [4.69, 9.17) is 0 Å². The average molecular weight is 265 g/mol. The third-order valence-corrected chi connectivity index (χ3v) is 3.51. The number of unbranched alkanes of at least 4 members (excludes halogenated alkanes) is 1. The number of hydrogen-bond donors (Lipinski definition) is 3. The predicted molar refractivity (Wildman–Crippen MR) is 79.5 cm³/mol. The van der Waals surface area contributed by atoms with Gasteiger partial charge in [0.05, 0.1) is 0 Å². The van der Waals surface area contributed by atoms with Crippen LogP contribution in [0.4, 0.5) is 0 Å². The van der Waals surface area contributed by atoms with Crippen molar-refractivity contribution in [1.82, 2.24) is 5.32 Å². The number of aromatic hydroxyl groups is 2. The fourth-order valence-corrected chi connectivity index (χ4v) is 2.45. The lowest BCUT2D eigenvalue weighted by Gasteiger charge is -2.24. The first-order valence-electron chi connectivity index (χ1n) is 7.36. The Morgan fingerprint density at radius 1 is 1.11 bits per heavy atom. The van der Waals surface area contributed by atoms with Gasteiger partial charge >= 0.3 is 0 Å². The van der Waals surface area contributed by atoms with E-state index in [0.29, 0.717) is 6.04 Å². The van der Waals surface area contributed by atoms with Gasteiger partial charge in [0.15, 0.2) is 0 Å². The van der Waals surface area contributed by atoms with E-state index >= 15 is 0 Å². The predicted octanol–water partition coefficient (Wildman–Crippen LogP) is 4.11. The molecule has 0 aliphatic carbocycles. The summed E-state index contributed by atoms with van der Waals surface area (Å²) in [5.41, 5.74) is 0.843. The van der Waals surface area contributed by atoms with E-state index in [1.807, 2.05) is 0 Å². The second-order valence-corrected chi connectivity index (χ2v) is 5.26. The zero-order valence-electron chi connectivity index (χ0n) is 12.3.